The zero-order chi connectivity index (χ0) is 25.8. The number of likely N-dealkylation sites (tertiary alicyclic amines) is 1. The molecule has 2 amide bonds. The summed E-state index contributed by atoms with van der Waals surface area (Å²) >= 11 is 0. The van der Waals surface area contributed by atoms with Gasteiger partial charge in [-0.3, -0.25) is 14.6 Å². The number of aryl methyl sites for hydroxylation is 1. The summed E-state index contributed by atoms with van der Waals surface area (Å²) in [6.07, 6.45) is 6.72. The Morgan fingerprint density at radius 1 is 1.16 bits per heavy atom. The Kier molecular flexibility index (Phi) is 7.12. The quantitative estimate of drug-likeness (QED) is 0.516. The summed E-state index contributed by atoms with van der Waals surface area (Å²) < 4.78 is 5.69. The number of methoxy groups -OCH3 is 1. The number of nitrogens with one attached hydrogen (secondary N) is 2. The molecule has 5 rings (SSSR count). The highest BCUT2D eigenvalue weighted by Gasteiger charge is 2.50. The molecule has 7 heteroatoms. The van der Waals surface area contributed by atoms with Crippen LogP contribution >= 0.6 is 0 Å². The van der Waals surface area contributed by atoms with Gasteiger partial charge in [-0.05, 0) is 61.2 Å². The van der Waals surface area contributed by atoms with Gasteiger partial charge < -0.3 is 20.3 Å². The molecule has 0 saturated carbocycles. The largest absolute Gasteiger partial charge is 0.496 e. The summed E-state index contributed by atoms with van der Waals surface area (Å²) in [4.78, 5) is 32.6. The van der Waals surface area contributed by atoms with Crippen molar-refractivity contribution < 1.29 is 14.3 Å². The topological polar surface area (TPSA) is 83.6 Å². The van der Waals surface area contributed by atoms with Gasteiger partial charge in [0.25, 0.3) is 5.91 Å². The highest BCUT2D eigenvalue weighted by Crippen LogP contribution is 2.44. The van der Waals surface area contributed by atoms with Gasteiger partial charge in [-0.2, -0.15) is 0 Å². The van der Waals surface area contributed by atoms with Crippen molar-refractivity contribution in [3.63, 3.8) is 0 Å². The zero-order valence-electron chi connectivity index (χ0n) is 21.5. The first kappa shape index (κ1) is 24.8. The first-order chi connectivity index (χ1) is 18.0. The summed E-state index contributed by atoms with van der Waals surface area (Å²) in [6, 6.07) is 17.7. The number of ether oxygens (including phenoxy) is 1. The molecular formula is C30H34N4O3. The van der Waals surface area contributed by atoms with Crippen LogP contribution in [0.3, 0.4) is 0 Å². The summed E-state index contributed by atoms with van der Waals surface area (Å²) in [5.41, 5.74) is 4.29. The predicted octanol–water partition coefficient (Wildman–Crippen LogP) is 4.68. The van der Waals surface area contributed by atoms with E-state index in [0.29, 0.717) is 31.6 Å². The van der Waals surface area contributed by atoms with Crippen molar-refractivity contribution in [1.82, 2.24) is 15.2 Å². The molecule has 2 aromatic carbocycles. The SMILES string of the molecule is COc1ccccc1[C@@H]1CN(C(=O)c2ccc(C)c(NCc3ccncc3)c2)C[C@]12CCCCC(=O)N2. The maximum atomic E-state index is 13.9. The molecule has 2 aliphatic rings. The number of carbonyl (C=O) groups excluding carboxylic acids is 2. The number of amides is 2. The van der Waals surface area contributed by atoms with E-state index in [2.05, 4.69) is 21.7 Å². The molecule has 0 radical (unpaired) electrons. The number of para-hydroxylation sites is 1. The van der Waals surface area contributed by atoms with E-state index in [9.17, 15) is 9.59 Å². The molecule has 3 heterocycles. The van der Waals surface area contributed by atoms with Crippen LogP contribution in [0.15, 0.2) is 67.0 Å². The van der Waals surface area contributed by atoms with E-state index in [1.165, 1.54) is 0 Å². The summed E-state index contributed by atoms with van der Waals surface area (Å²) in [6.45, 7) is 3.68. The molecule has 37 heavy (non-hydrogen) atoms. The summed E-state index contributed by atoms with van der Waals surface area (Å²) in [5, 5.41) is 6.81. The minimum atomic E-state index is -0.509. The standard InChI is InChI=1S/C30H34N4O3/c1-21-10-11-23(17-26(21)32-18-22-12-15-31-16-13-22)29(36)34-19-25(24-7-3-4-8-27(24)37-2)30(20-34)14-6-5-9-28(35)33-30/h3-4,7-8,10-13,15-17,25,32H,5-6,9,14,18-20H2,1-2H3,(H,33,35)/t25-,30+/m0/s1. The van der Waals surface area contributed by atoms with Crippen LogP contribution in [0, 0.1) is 6.92 Å². The van der Waals surface area contributed by atoms with Crippen LogP contribution in [0.1, 0.15) is 58.6 Å². The van der Waals surface area contributed by atoms with Gasteiger partial charge in [0.1, 0.15) is 5.75 Å². The number of aromatic nitrogens is 1. The van der Waals surface area contributed by atoms with Crippen molar-refractivity contribution in [2.24, 2.45) is 0 Å². The second kappa shape index (κ2) is 10.6. The monoisotopic (exact) mass is 498 g/mol. The van der Waals surface area contributed by atoms with E-state index < -0.39 is 5.54 Å². The van der Waals surface area contributed by atoms with Gasteiger partial charge >= 0.3 is 0 Å². The molecule has 0 bridgehead atoms. The normalized spacial score (nSPS) is 21.4. The second-order valence-corrected chi connectivity index (χ2v) is 10.1. The van der Waals surface area contributed by atoms with Crippen LogP contribution in [-0.2, 0) is 11.3 Å². The van der Waals surface area contributed by atoms with E-state index in [1.54, 1.807) is 19.5 Å². The Balaban J connectivity index is 1.43. The number of carbonyl (C=O) groups is 2. The molecule has 1 spiro atoms. The molecular weight excluding hydrogens is 464 g/mol. The number of rotatable bonds is 6. The maximum absolute atomic E-state index is 13.9. The summed E-state index contributed by atoms with van der Waals surface area (Å²) in [7, 11) is 1.67. The Labute approximate surface area is 218 Å². The van der Waals surface area contributed by atoms with Gasteiger partial charge in [-0.1, -0.05) is 30.7 Å². The van der Waals surface area contributed by atoms with Gasteiger partial charge in [0.15, 0.2) is 0 Å². The lowest BCUT2D eigenvalue weighted by Crippen LogP contribution is -2.52. The Morgan fingerprint density at radius 3 is 2.78 bits per heavy atom. The Hall–Kier alpha value is -3.87. The lowest BCUT2D eigenvalue weighted by molar-refractivity contribution is -0.122. The van der Waals surface area contributed by atoms with Gasteiger partial charge in [0, 0.05) is 61.2 Å². The van der Waals surface area contributed by atoms with Crippen molar-refractivity contribution in [2.45, 2.75) is 50.6 Å². The van der Waals surface area contributed by atoms with Crippen LogP contribution in [-0.4, -0.2) is 47.4 Å². The minimum absolute atomic E-state index is 0.0257. The van der Waals surface area contributed by atoms with Crippen molar-refractivity contribution in [1.29, 1.82) is 0 Å². The molecule has 2 fully saturated rings. The third-order valence-corrected chi connectivity index (χ3v) is 7.73. The molecule has 3 aromatic rings. The van der Waals surface area contributed by atoms with Crippen LogP contribution in [0.5, 0.6) is 5.75 Å². The molecule has 1 aromatic heterocycles. The van der Waals surface area contributed by atoms with Gasteiger partial charge in [0.2, 0.25) is 5.91 Å². The fourth-order valence-corrected chi connectivity index (χ4v) is 5.75. The van der Waals surface area contributed by atoms with E-state index in [0.717, 1.165) is 47.4 Å². The first-order valence-electron chi connectivity index (χ1n) is 13.0. The molecule has 0 unspecified atom stereocenters. The number of pyridine rings is 1. The second-order valence-electron chi connectivity index (χ2n) is 10.1. The molecule has 2 atom stereocenters. The van der Waals surface area contributed by atoms with Crippen LogP contribution < -0.4 is 15.4 Å². The molecule has 2 saturated heterocycles. The van der Waals surface area contributed by atoms with E-state index in [4.69, 9.17) is 4.74 Å². The lowest BCUT2D eigenvalue weighted by atomic mass is 9.78. The van der Waals surface area contributed by atoms with Crippen LogP contribution in [0.2, 0.25) is 0 Å². The smallest absolute Gasteiger partial charge is 0.254 e. The summed E-state index contributed by atoms with van der Waals surface area (Å²) in [5.74, 6) is 0.772. The molecule has 2 N–H and O–H groups in total. The molecule has 7 nitrogen and oxygen atoms in total. The lowest BCUT2D eigenvalue weighted by Gasteiger charge is -2.35. The van der Waals surface area contributed by atoms with Crippen molar-refractivity contribution in [2.75, 3.05) is 25.5 Å². The fourth-order valence-electron chi connectivity index (χ4n) is 5.75. The first-order valence-corrected chi connectivity index (χ1v) is 13.0. The van der Waals surface area contributed by atoms with Crippen LogP contribution in [0.25, 0.3) is 0 Å². The number of benzene rings is 2. The number of anilines is 1. The fraction of sp³-hybridized carbons (Fsp3) is 0.367. The predicted molar refractivity (Wildman–Crippen MR) is 144 cm³/mol. The highest BCUT2D eigenvalue weighted by molar-refractivity contribution is 5.96. The molecule has 192 valence electrons. The van der Waals surface area contributed by atoms with Crippen molar-refractivity contribution in [3.8, 4) is 5.75 Å². The van der Waals surface area contributed by atoms with E-state index in [-0.39, 0.29) is 17.7 Å². The number of nitrogens with zero attached hydrogens (tertiary/aromatic N) is 2. The minimum Gasteiger partial charge on any atom is -0.496 e. The molecule has 0 aliphatic carbocycles. The van der Waals surface area contributed by atoms with Crippen molar-refractivity contribution >= 4 is 17.5 Å². The molecule has 2 aliphatic heterocycles. The van der Waals surface area contributed by atoms with Crippen molar-refractivity contribution in [3.05, 3.63) is 89.2 Å². The van der Waals surface area contributed by atoms with E-state index >= 15 is 0 Å². The third kappa shape index (κ3) is 5.17. The number of hydrogen-bond acceptors (Lipinski definition) is 5. The zero-order valence-corrected chi connectivity index (χ0v) is 21.5. The van der Waals surface area contributed by atoms with Crippen LogP contribution in [0.4, 0.5) is 5.69 Å². The van der Waals surface area contributed by atoms with Gasteiger partial charge in [0.05, 0.1) is 12.6 Å². The Morgan fingerprint density at radius 2 is 1.97 bits per heavy atom. The average molecular weight is 499 g/mol. The Bertz CT molecular complexity index is 1280. The highest BCUT2D eigenvalue weighted by atomic mass is 16.5. The van der Waals surface area contributed by atoms with E-state index in [1.807, 2.05) is 60.4 Å². The third-order valence-electron chi connectivity index (χ3n) is 7.73. The number of hydrogen-bond donors (Lipinski definition) is 2. The van der Waals surface area contributed by atoms with Gasteiger partial charge in [-0.25, -0.2) is 0 Å². The van der Waals surface area contributed by atoms with Gasteiger partial charge in [-0.15, -0.1) is 0 Å². The average Bonchev–Trinajstić information content (AvgIpc) is 3.18. The maximum Gasteiger partial charge on any atom is 0.254 e.